The Morgan fingerprint density at radius 2 is 2.05 bits per heavy atom. The second kappa shape index (κ2) is 5.83. The molecule has 0 saturated carbocycles. The maximum Gasteiger partial charge on any atom is 0.231 e. The van der Waals surface area contributed by atoms with E-state index in [-0.39, 0.29) is 12.5 Å². The van der Waals surface area contributed by atoms with Crippen LogP contribution in [0.1, 0.15) is 12.5 Å². The van der Waals surface area contributed by atoms with Crippen LogP contribution in [0.4, 0.5) is 5.69 Å². The fraction of sp³-hybridized carbons (Fsp3) is 0.250. The summed E-state index contributed by atoms with van der Waals surface area (Å²) in [6.45, 7) is 3.16. The van der Waals surface area contributed by atoms with E-state index in [1.807, 2.05) is 37.3 Å². The van der Waals surface area contributed by atoms with E-state index < -0.39 is 0 Å². The summed E-state index contributed by atoms with van der Waals surface area (Å²) in [6.07, 6.45) is 0. The minimum Gasteiger partial charge on any atom is -0.504 e. The van der Waals surface area contributed by atoms with Gasteiger partial charge in [0, 0.05) is 23.9 Å². The van der Waals surface area contributed by atoms with Crippen LogP contribution in [-0.2, 0) is 6.54 Å². The van der Waals surface area contributed by atoms with Crippen molar-refractivity contribution in [2.24, 2.45) is 0 Å². The number of para-hydroxylation sites is 1. The van der Waals surface area contributed by atoms with E-state index in [2.05, 4.69) is 5.32 Å². The van der Waals surface area contributed by atoms with Gasteiger partial charge in [0.1, 0.15) is 0 Å². The molecule has 2 aromatic rings. The summed E-state index contributed by atoms with van der Waals surface area (Å²) in [7, 11) is 0. The number of rotatable bonds is 5. The Morgan fingerprint density at radius 1 is 1.19 bits per heavy atom. The smallest absolute Gasteiger partial charge is 0.231 e. The summed E-state index contributed by atoms with van der Waals surface area (Å²) in [5.41, 5.74) is 1.68. The van der Waals surface area contributed by atoms with Gasteiger partial charge in [-0.3, -0.25) is 0 Å². The number of anilines is 1. The van der Waals surface area contributed by atoms with E-state index in [9.17, 15) is 5.11 Å². The van der Waals surface area contributed by atoms with Gasteiger partial charge < -0.3 is 24.6 Å². The molecule has 2 aromatic carbocycles. The Hall–Kier alpha value is -2.56. The second-order valence-electron chi connectivity index (χ2n) is 4.62. The van der Waals surface area contributed by atoms with Crippen LogP contribution in [0.2, 0.25) is 0 Å². The molecule has 0 unspecified atom stereocenters. The van der Waals surface area contributed by atoms with Gasteiger partial charge in [-0.2, -0.15) is 0 Å². The van der Waals surface area contributed by atoms with E-state index in [0.717, 1.165) is 22.7 Å². The monoisotopic (exact) mass is 287 g/mol. The number of phenolic OH excluding ortho intramolecular Hbond substituents is 1. The van der Waals surface area contributed by atoms with Crippen molar-refractivity contribution >= 4 is 5.69 Å². The van der Waals surface area contributed by atoms with Crippen LogP contribution in [0.15, 0.2) is 36.4 Å². The van der Waals surface area contributed by atoms with E-state index in [1.165, 1.54) is 0 Å². The molecule has 0 bridgehead atoms. The highest BCUT2D eigenvalue weighted by molar-refractivity contribution is 5.56. The lowest BCUT2D eigenvalue weighted by atomic mass is 10.1. The van der Waals surface area contributed by atoms with Crippen molar-refractivity contribution in [2.75, 3.05) is 18.7 Å². The van der Waals surface area contributed by atoms with Crippen LogP contribution in [0, 0.1) is 0 Å². The second-order valence-corrected chi connectivity index (χ2v) is 4.62. The largest absolute Gasteiger partial charge is 0.504 e. The highest BCUT2D eigenvalue weighted by atomic mass is 16.7. The van der Waals surface area contributed by atoms with Gasteiger partial charge in [-0.15, -0.1) is 0 Å². The van der Waals surface area contributed by atoms with Crippen molar-refractivity contribution in [1.29, 1.82) is 0 Å². The first kappa shape index (κ1) is 13.4. The van der Waals surface area contributed by atoms with Crippen molar-refractivity contribution < 1.29 is 19.3 Å². The van der Waals surface area contributed by atoms with E-state index in [4.69, 9.17) is 14.2 Å². The molecule has 1 aliphatic heterocycles. The Labute approximate surface area is 123 Å². The Balaban J connectivity index is 1.71. The Kier molecular flexibility index (Phi) is 3.73. The lowest BCUT2D eigenvalue weighted by Crippen LogP contribution is -2.01. The molecule has 5 heteroatoms. The standard InChI is InChI=1S/C16H17NO4/c1-2-19-14-5-3-4-11(16(14)18)9-17-12-6-7-13-15(8-12)21-10-20-13/h3-8,17-18H,2,9-10H2,1H3. The molecule has 3 rings (SSSR count). The maximum atomic E-state index is 10.1. The van der Waals surface area contributed by atoms with Crippen molar-refractivity contribution in [3.8, 4) is 23.0 Å². The Morgan fingerprint density at radius 3 is 2.90 bits per heavy atom. The van der Waals surface area contributed by atoms with Crippen LogP contribution in [0.3, 0.4) is 0 Å². The van der Waals surface area contributed by atoms with Gasteiger partial charge >= 0.3 is 0 Å². The summed E-state index contributed by atoms with van der Waals surface area (Å²) in [5, 5.41) is 13.4. The van der Waals surface area contributed by atoms with Crippen LogP contribution < -0.4 is 19.5 Å². The molecule has 110 valence electrons. The zero-order chi connectivity index (χ0) is 14.7. The first-order valence-electron chi connectivity index (χ1n) is 6.85. The van der Waals surface area contributed by atoms with Gasteiger partial charge in [-0.25, -0.2) is 0 Å². The van der Waals surface area contributed by atoms with Crippen LogP contribution in [-0.4, -0.2) is 18.5 Å². The predicted octanol–water partition coefficient (Wildman–Crippen LogP) is 3.13. The minimum absolute atomic E-state index is 0.174. The molecular weight excluding hydrogens is 270 g/mol. The Bertz CT molecular complexity index is 642. The third-order valence-corrected chi connectivity index (χ3v) is 3.24. The van der Waals surface area contributed by atoms with Crippen molar-refractivity contribution in [3.05, 3.63) is 42.0 Å². The molecule has 0 amide bonds. The molecule has 0 radical (unpaired) electrons. The van der Waals surface area contributed by atoms with Gasteiger partial charge in [-0.1, -0.05) is 12.1 Å². The average molecular weight is 287 g/mol. The number of fused-ring (bicyclic) bond motifs is 1. The van der Waals surface area contributed by atoms with E-state index in [1.54, 1.807) is 6.07 Å². The minimum atomic E-state index is 0.174. The van der Waals surface area contributed by atoms with Crippen molar-refractivity contribution in [2.45, 2.75) is 13.5 Å². The van der Waals surface area contributed by atoms with E-state index >= 15 is 0 Å². The molecule has 0 saturated heterocycles. The molecule has 1 aliphatic rings. The van der Waals surface area contributed by atoms with Gasteiger partial charge in [0.25, 0.3) is 0 Å². The number of ether oxygens (including phenoxy) is 3. The third-order valence-electron chi connectivity index (χ3n) is 3.24. The third kappa shape index (κ3) is 2.81. The highest BCUT2D eigenvalue weighted by Gasteiger charge is 2.13. The SMILES string of the molecule is CCOc1cccc(CNc2ccc3c(c2)OCO3)c1O. The van der Waals surface area contributed by atoms with E-state index in [0.29, 0.717) is 18.9 Å². The van der Waals surface area contributed by atoms with Gasteiger partial charge in [-0.05, 0) is 25.1 Å². The summed E-state index contributed by atoms with van der Waals surface area (Å²) in [5.74, 6) is 2.16. The zero-order valence-corrected chi connectivity index (χ0v) is 11.8. The number of nitrogens with one attached hydrogen (secondary N) is 1. The average Bonchev–Trinajstić information content (AvgIpc) is 2.96. The molecule has 5 nitrogen and oxygen atoms in total. The number of aromatic hydroxyl groups is 1. The van der Waals surface area contributed by atoms with Crippen LogP contribution in [0.25, 0.3) is 0 Å². The summed E-state index contributed by atoms with van der Waals surface area (Å²) >= 11 is 0. The summed E-state index contributed by atoms with van der Waals surface area (Å²) < 4.78 is 16.0. The number of hydrogen-bond acceptors (Lipinski definition) is 5. The summed E-state index contributed by atoms with van der Waals surface area (Å²) in [6, 6.07) is 11.1. The quantitative estimate of drug-likeness (QED) is 0.884. The maximum absolute atomic E-state index is 10.1. The molecule has 0 fully saturated rings. The molecule has 1 heterocycles. The topological polar surface area (TPSA) is 60.0 Å². The molecule has 21 heavy (non-hydrogen) atoms. The van der Waals surface area contributed by atoms with Crippen molar-refractivity contribution in [3.63, 3.8) is 0 Å². The number of hydrogen-bond donors (Lipinski definition) is 2. The van der Waals surface area contributed by atoms with Crippen molar-refractivity contribution in [1.82, 2.24) is 0 Å². The first-order chi connectivity index (χ1) is 10.3. The van der Waals surface area contributed by atoms with Gasteiger partial charge in [0.05, 0.1) is 6.61 Å². The molecule has 0 aliphatic carbocycles. The molecule has 0 atom stereocenters. The lowest BCUT2D eigenvalue weighted by Gasteiger charge is -2.12. The molecular formula is C16H17NO4. The first-order valence-corrected chi connectivity index (χ1v) is 6.85. The lowest BCUT2D eigenvalue weighted by molar-refractivity contribution is 0.174. The molecule has 0 spiro atoms. The molecule has 2 N–H and O–H groups in total. The zero-order valence-electron chi connectivity index (χ0n) is 11.8. The van der Waals surface area contributed by atoms with Gasteiger partial charge in [0.2, 0.25) is 6.79 Å². The fourth-order valence-electron chi connectivity index (χ4n) is 2.19. The summed E-state index contributed by atoms with van der Waals surface area (Å²) in [4.78, 5) is 0. The number of phenols is 1. The van der Waals surface area contributed by atoms with Crippen LogP contribution in [0.5, 0.6) is 23.0 Å². The molecule has 0 aromatic heterocycles. The fourth-order valence-corrected chi connectivity index (χ4v) is 2.19. The van der Waals surface area contributed by atoms with Gasteiger partial charge in [0.15, 0.2) is 23.0 Å². The highest BCUT2D eigenvalue weighted by Crippen LogP contribution is 2.35. The predicted molar refractivity (Wildman–Crippen MR) is 79.2 cm³/mol. The van der Waals surface area contributed by atoms with Crippen LogP contribution >= 0.6 is 0 Å². The normalized spacial score (nSPS) is 12.2. The number of benzene rings is 2.